The fourth-order valence-corrected chi connectivity index (χ4v) is 3.12. The summed E-state index contributed by atoms with van der Waals surface area (Å²) >= 11 is 0. The molecule has 5 nitrogen and oxygen atoms in total. The molecule has 2 rings (SSSR count). The zero-order valence-corrected chi connectivity index (χ0v) is 12.4. The molecule has 7 heteroatoms. The normalized spacial score (nSPS) is 11.1. The van der Waals surface area contributed by atoms with Crippen molar-refractivity contribution in [1.29, 1.82) is 0 Å². The lowest BCUT2D eigenvalue weighted by molar-refractivity contribution is -0.113. The largest absolute Gasteiger partial charge is 0.399 e. The molecule has 2 aromatic rings. The van der Waals surface area contributed by atoms with Crippen LogP contribution in [0.4, 0.5) is 15.8 Å². The first-order valence-electron chi connectivity index (χ1n) is 6.44. The highest BCUT2D eigenvalue weighted by atomic mass is 32.2. The maximum absolute atomic E-state index is 12.7. The van der Waals surface area contributed by atoms with Gasteiger partial charge in [-0.25, -0.2) is 12.8 Å². The lowest BCUT2D eigenvalue weighted by atomic mass is 10.2. The summed E-state index contributed by atoms with van der Waals surface area (Å²) in [6.45, 7) is 0. The molecule has 0 spiro atoms. The van der Waals surface area contributed by atoms with E-state index in [0.29, 0.717) is 16.9 Å². The Labute approximate surface area is 127 Å². The Hall–Kier alpha value is -2.41. The predicted octanol–water partition coefficient (Wildman–Crippen LogP) is 1.96. The van der Waals surface area contributed by atoms with Gasteiger partial charge in [0.1, 0.15) is 11.6 Å². The maximum atomic E-state index is 12.7. The summed E-state index contributed by atoms with van der Waals surface area (Å²) in [6, 6.07) is 11.5. The van der Waals surface area contributed by atoms with Crippen molar-refractivity contribution < 1.29 is 17.6 Å². The summed E-state index contributed by atoms with van der Waals surface area (Å²) in [6.07, 6.45) is 0. The van der Waals surface area contributed by atoms with E-state index >= 15 is 0 Å². The van der Waals surface area contributed by atoms with Crippen molar-refractivity contribution in [3.63, 3.8) is 0 Å². The van der Waals surface area contributed by atoms with Gasteiger partial charge in [-0.15, -0.1) is 0 Å². The lowest BCUT2D eigenvalue weighted by Crippen LogP contribution is -2.23. The second-order valence-corrected chi connectivity index (χ2v) is 6.89. The van der Waals surface area contributed by atoms with Crippen LogP contribution in [-0.2, 0) is 20.4 Å². The number of sulfone groups is 1. The second-order valence-electron chi connectivity index (χ2n) is 4.83. The van der Waals surface area contributed by atoms with E-state index in [2.05, 4.69) is 5.32 Å². The Kier molecular flexibility index (Phi) is 4.77. The standard InChI is InChI=1S/C15H15FN2O3S/c16-12-3-7-14(8-4-12)18-15(19)10-22(20,21)9-11-1-5-13(17)6-2-11/h1-8H,9-10,17H2,(H,18,19). The number of nitrogens with one attached hydrogen (secondary N) is 1. The molecule has 0 atom stereocenters. The number of anilines is 2. The summed E-state index contributed by atoms with van der Waals surface area (Å²) in [5, 5.41) is 2.42. The minimum Gasteiger partial charge on any atom is -0.399 e. The topological polar surface area (TPSA) is 89.3 Å². The van der Waals surface area contributed by atoms with E-state index < -0.39 is 27.3 Å². The van der Waals surface area contributed by atoms with Crippen LogP contribution in [0.1, 0.15) is 5.56 Å². The first-order valence-corrected chi connectivity index (χ1v) is 8.26. The van der Waals surface area contributed by atoms with Crippen molar-refractivity contribution in [1.82, 2.24) is 0 Å². The third kappa shape index (κ3) is 4.85. The average molecular weight is 322 g/mol. The van der Waals surface area contributed by atoms with Crippen LogP contribution in [-0.4, -0.2) is 20.1 Å². The molecule has 0 heterocycles. The molecule has 0 radical (unpaired) electrons. The van der Waals surface area contributed by atoms with E-state index in [1.54, 1.807) is 24.3 Å². The van der Waals surface area contributed by atoms with Crippen LogP contribution in [0.25, 0.3) is 0 Å². The first-order chi connectivity index (χ1) is 10.3. The van der Waals surface area contributed by atoms with Crippen molar-refractivity contribution in [2.75, 3.05) is 16.8 Å². The highest BCUT2D eigenvalue weighted by Crippen LogP contribution is 2.11. The fraction of sp³-hybridized carbons (Fsp3) is 0.133. The van der Waals surface area contributed by atoms with Gasteiger partial charge in [0.2, 0.25) is 5.91 Å². The van der Waals surface area contributed by atoms with Gasteiger partial charge >= 0.3 is 0 Å². The molecule has 0 aliphatic rings. The van der Waals surface area contributed by atoms with Gasteiger partial charge in [0.25, 0.3) is 0 Å². The summed E-state index contributed by atoms with van der Waals surface area (Å²) in [5.41, 5.74) is 6.97. The molecule has 3 N–H and O–H groups in total. The smallest absolute Gasteiger partial charge is 0.239 e. The minimum absolute atomic E-state index is 0.246. The minimum atomic E-state index is -3.60. The van der Waals surface area contributed by atoms with Gasteiger partial charge in [0.15, 0.2) is 9.84 Å². The van der Waals surface area contributed by atoms with Crippen molar-refractivity contribution in [2.45, 2.75) is 5.75 Å². The van der Waals surface area contributed by atoms with E-state index in [0.717, 1.165) is 0 Å². The maximum Gasteiger partial charge on any atom is 0.239 e. The van der Waals surface area contributed by atoms with Gasteiger partial charge in [-0.1, -0.05) is 12.1 Å². The third-order valence-electron chi connectivity index (χ3n) is 2.85. The second kappa shape index (κ2) is 6.57. The summed E-state index contributed by atoms with van der Waals surface area (Å²) in [5.74, 6) is -1.99. The number of carbonyl (C=O) groups is 1. The number of rotatable bonds is 5. The fourth-order valence-electron chi connectivity index (χ4n) is 1.85. The molecule has 0 aliphatic carbocycles. The van der Waals surface area contributed by atoms with Crippen LogP contribution in [0.3, 0.4) is 0 Å². The molecule has 116 valence electrons. The molecule has 0 bridgehead atoms. The first kappa shape index (κ1) is 16.0. The Morgan fingerprint density at radius 2 is 1.64 bits per heavy atom. The molecule has 0 saturated carbocycles. The van der Waals surface area contributed by atoms with Crippen LogP contribution in [0.15, 0.2) is 48.5 Å². The van der Waals surface area contributed by atoms with Gasteiger partial charge < -0.3 is 11.1 Å². The number of nitrogens with two attached hydrogens (primary N) is 1. The van der Waals surface area contributed by atoms with E-state index in [1.807, 2.05) is 0 Å². The van der Waals surface area contributed by atoms with Gasteiger partial charge in [-0.05, 0) is 42.0 Å². The Bertz CT molecular complexity index is 756. The van der Waals surface area contributed by atoms with Crippen LogP contribution < -0.4 is 11.1 Å². The summed E-state index contributed by atoms with van der Waals surface area (Å²) in [4.78, 5) is 11.8. The SMILES string of the molecule is Nc1ccc(CS(=O)(=O)CC(=O)Nc2ccc(F)cc2)cc1. The highest BCUT2D eigenvalue weighted by molar-refractivity contribution is 7.91. The number of carbonyl (C=O) groups excluding carboxylic acids is 1. The Morgan fingerprint density at radius 1 is 1.05 bits per heavy atom. The molecular formula is C15H15FN2O3S. The van der Waals surface area contributed by atoms with Crippen LogP contribution in [0, 0.1) is 5.82 Å². The van der Waals surface area contributed by atoms with Crippen molar-refractivity contribution in [3.05, 3.63) is 59.9 Å². The summed E-state index contributed by atoms with van der Waals surface area (Å²) in [7, 11) is -3.60. The monoisotopic (exact) mass is 322 g/mol. The quantitative estimate of drug-likeness (QED) is 0.824. The van der Waals surface area contributed by atoms with Crippen LogP contribution in [0.2, 0.25) is 0 Å². The van der Waals surface area contributed by atoms with E-state index in [-0.39, 0.29) is 5.75 Å². The zero-order chi connectivity index (χ0) is 16.2. The number of nitrogen functional groups attached to an aromatic ring is 1. The molecule has 0 aliphatic heterocycles. The van der Waals surface area contributed by atoms with Gasteiger partial charge in [0.05, 0.1) is 5.75 Å². The third-order valence-corrected chi connectivity index (χ3v) is 4.32. The van der Waals surface area contributed by atoms with Crippen LogP contribution >= 0.6 is 0 Å². The number of hydrogen-bond donors (Lipinski definition) is 2. The number of benzene rings is 2. The molecule has 0 saturated heterocycles. The predicted molar refractivity (Wildman–Crippen MR) is 83.4 cm³/mol. The lowest BCUT2D eigenvalue weighted by Gasteiger charge is -2.07. The average Bonchev–Trinajstić information content (AvgIpc) is 2.43. The van der Waals surface area contributed by atoms with Crippen molar-refractivity contribution in [3.8, 4) is 0 Å². The molecule has 22 heavy (non-hydrogen) atoms. The van der Waals surface area contributed by atoms with E-state index in [4.69, 9.17) is 5.73 Å². The van der Waals surface area contributed by atoms with Crippen molar-refractivity contribution >= 4 is 27.1 Å². The van der Waals surface area contributed by atoms with E-state index in [1.165, 1.54) is 24.3 Å². The summed E-state index contributed by atoms with van der Waals surface area (Å²) < 4.78 is 36.7. The highest BCUT2D eigenvalue weighted by Gasteiger charge is 2.17. The molecule has 2 aromatic carbocycles. The van der Waals surface area contributed by atoms with E-state index in [9.17, 15) is 17.6 Å². The van der Waals surface area contributed by atoms with Gasteiger partial charge in [0, 0.05) is 11.4 Å². The number of halogens is 1. The van der Waals surface area contributed by atoms with Crippen LogP contribution in [0.5, 0.6) is 0 Å². The Balaban J connectivity index is 1.97. The molecule has 0 unspecified atom stereocenters. The molecule has 0 aromatic heterocycles. The zero-order valence-electron chi connectivity index (χ0n) is 11.6. The van der Waals surface area contributed by atoms with Gasteiger partial charge in [-0.3, -0.25) is 4.79 Å². The number of amides is 1. The molecule has 0 fully saturated rings. The Morgan fingerprint density at radius 3 is 2.23 bits per heavy atom. The number of hydrogen-bond acceptors (Lipinski definition) is 4. The molecular weight excluding hydrogens is 307 g/mol. The molecule has 1 amide bonds. The van der Waals surface area contributed by atoms with Crippen molar-refractivity contribution in [2.24, 2.45) is 0 Å². The van der Waals surface area contributed by atoms with Gasteiger partial charge in [-0.2, -0.15) is 0 Å².